The van der Waals surface area contributed by atoms with Gasteiger partial charge in [-0.3, -0.25) is 0 Å². The van der Waals surface area contributed by atoms with Crippen molar-refractivity contribution < 1.29 is 4.42 Å². The number of aromatic nitrogens is 1. The van der Waals surface area contributed by atoms with Crippen molar-refractivity contribution in [3.63, 3.8) is 0 Å². The highest BCUT2D eigenvalue weighted by Gasteiger charge is 2.01. The monoisotopic (exact) mass is 159 g/mol. The van der Waals surface area contributed by atoms with Gasteiger partial charge in [-0.25, -0.2) is 4.98 Å². The summed E-state index contributed by atoms with van der Waals surface area (Å²) in [6, 6.07) is 6.14. The Morgan fingerprint density at radius 3 is 3.00 bits per heavy atom. The van der Waals surface area contributed by atoms with E-state index in [1.54, 1.807) is 0 Å². The topological polar surface area (TPSA) is 26.0 Å². The molecule has 0 aliphatic carbocycles. The first kappa shape index (κ1) is 7.41. The summed E-state index contributed by atoms with van der Waals surface area (Å²) in [6.45, 7) is 4.00. The van der Waals surface area contributed by atoms with Crippen LogP contribution in [0.1, 0.15) is 5.89 Å². The number of oxazole rings is 1. The second kappa shape index (κ2) is 2.66. The third kappa shape index (κ3) is 1.11. The Morgan fingerprint density at radius 1 is 1.42 bits per heavy atom. The van der Waals surface area contributed by atoms with E-state index in [4.69, 9.17) is 4.42 Å². The molecule has 60 valence electrons. The lowest BCUT2D eigenvalue weighted by Crippen LogP contribution is -2.08. The Morgan fingerprint density at radius 2 is 2.25 bits per heavy atom. The SMILES string of the molecule is CBc1ccc2nc(C)oc2c1. The molecule has 0 N–H and O–H groups in total. The Labute approximate surface area is 71.8 Å². The van der Waals surface area contributed by atoms with Gasteiger partial charge in [-0.05, 0) is 12.1 Å². The molecule has 0 aliphatic heterocycles. The molecule has 0 spiro atoms. The molecule has 0 saturated heterocycles. The lowest BCUT2D eigenvalue weighted by Gasteiger charge is -1.91. The van der Waals surface area contributed by atoms with Gasteiger partial charge in [-0.1, -0.05) is 18.4 Å². The number of fused-ring (bicyclic) bond motifs is 1. The quantitative estimate of drug-likeness (QED) is 0.585. The molecule has 2 nitrogen and oxygen atoms in total. The van der Waals surface area contributed by atoms with Crippen LogP contribution in [0.4, 0.5) is 0 Å². The Bertz CT molecular complexity index is 408. The van der Waals surface area contributed by atoms with Gasteiger partial charge in [-0.15, -0.1) is 0 Å². The molecule has 1 aromatic heterocycles. The van der Waals surface area contributed by atoms with Crippen molar-refractivity contribution in [2.75, 3.05) is 0 Å². The van der Waals surface area contributed by atoms with Gasteiger partial charge in [0.25, 0.3) is 0 Å². The van der Waals surface area contributed by atoms with Crippen molar-refractivity contribution in [2.24, 2.45) is 0 Å². The molecule has 0 aliphatic rings. The third-order valence-electron chi connectivity index (χ3n) is 1.97. The molecule has 2 rings (SSSR count). The predicted molar refractivity (Wildman–Crippen MR) is 51.4 cm³/mol. The van der Waals surface area contributed by atoms with Crippen molar-refractivity contribution in [1.82, 2.24) is 4.98 Å². The molecule has 1 heterocycles. The number of rotatable bonds is 1. The normalized spacial score (nSPS) is 10.5. The number of aryl methyl sites for hydroxylation is 1. The fourth-order valence-corrected chi connectivity index (χ4v) is 1.30. The molecule has 0 amide bonds. The Kier molecular flexibility index (Phi) is 1.64. The van der Waals surface area contributed by atoms with Crippen LogP contribution < -0.4 is 5.46 Å². The second-order valence-electron chi connectivity index (χ2n) is 2.89. The van der Waals surface area contributed by atoms with Crippen molar-refractivity contribution in [3.8, 4) is 0 Å². The summed E-state index contributed by atoms with van der Waals surface area (Å²) in [7, 11) is 1.04. The summed E-state index contributed by atoms with van der Waals surface area (Å²) in [5.74, 6) is 0.734. The van der Waals surface area contributed by atoms with Gasteiger partial charge < -0.3 is 4.42 Å². The van der Waals surface area contributed by atoms with Crippen molar-refractivity contribution >= 4 is 23.8 Å². The molecular formula is C9H10BNO. The maximum absolute atomic E-state index is 5.40. The molecule has 2 aromatic rings. The average molecular weight is 159 g/mol. The number of nitrogens with zero attached hydrogens (tertiary/aromatic N) is 1. The molecule has 0 radical (unpaired) electrons. The van der Waals surface area contributed by atoms with Crippen LogP contribution >= 0.6 is 0 Å². The van der Waals surface area contributed by atoms with Gasteiger partial charge in [0.05, 0.1) is 0 Å². The van der Waals surface area contributed by atoms with E-state index < -0.39 is 0 Å². The molecule has 0 fully saturated rings. The van der Waals surface area contributed by atoms with E-state index in [1.807, 2.05) is 13.0 Å². The minimum atomic E-state index is 0.734. The molecule has 0 saturated carbocycles. The molecular weight excluding hydrogens is 149 g/mol. The zero-order valence-electron chi connectivity index (χ0n) is 7.29. The first-order valence-electron chi connectivity index (χ1n) is 4.15. The average Bonchev–Trinajstić information content (AvgIpc) is 2.43. The maximum Gasteiger partial charge on any atom is 0.192 e. The van der Waals surface area contributed by atoms with E-state index in [1.165, 1.54) is 5.46 Å². The van der Waals surface area contributed by atoms with Crippen molar-refractivity contribution in [1.29, 1.82) is 0 Å². The third-order valence-corrected chi connectivity index (χ3v) is 1.97. The number of hydrogen-bond donors (Lipinski definition) is 0. The molecule has 12 heavy (non-hydrogen) atoms. The zero-order valence-corrected chi connectivity index (χ0v) is 7.29. The van der Waals surface area contributed by atoms with E-state index in [2.05, 4.69) is 23.9 Å². The van der Waals surface area contributed by atoms with E-state index in [-0.39, 0.29) is 0 Å². The van der Waals surface area contributed by atoms with Crippen LogP contribution in [0.15, 0.2) is 22.6 Å². The largest absolute Gasteiger partial charge is 0.441 e. The smallest absolute Gasteiger partial charge is 0.192 e. The first-order chi connectivity index (χ1) is 5.79. The Balaban J connectivity index is 2.66. The second-order valence-corrected chi connectivity index (χ2v) is 2.89. The van der Waals surface area contributed by atoms with Gasteiger partial charge in [0.1, 0.15) is 5.52 Å². The molecule has 0 unspecified atom stereocenters. The highest BCUT2D eigenvalue weighted by molar-refractivity contribution is 6.52. The van der Waals surface area contributed by atoms with Crippen LogP contribution in [0, 0.1) is 6.92 Å². The van der Waals surface area contributed by atoms with E-state index in [9.17, 15) is 0 Å². The van der Waals surface area contributed by atoms with E-state index >= 15 is 0 Å². The van der Waals surface area contributed by atoms with Gasteiger partial charge in [0, 0.05) is 6.92 Å². The van der Waals surface area contributed by atoms with Crippen LogP contribution in [0.2, 0.25) is 6.82 Å². The summed E-state index contributed by atoms with van der Waals surface area (Å²) in [5, 5.41) is 0. The lowest BCUT2D eigenvalue weighted by atomic mass is 9.73. The maximum atomic E-state index is 5.40. The highest BCUT2D eigenvalue weighted by Crippen LogP contribution is 2.12. The van der Waals surface area contributed by atoms with Crippen LogP contribution in [0.25, 0.3) is 11.1 Å². The standard InChI is InChI=1S/C9H10BNO/c1-6-11-8-4-3-7(10-2)5-9(8)12-6/h3-5,10H,1-2H3. The van der Waals surface area contributed by atoms with Crippen LogP contribution in [0.5, 0.6) is 0 Å². The Hall–Kier alpha value is -1.25. The summed E-state index contributed by atoms with van der Waals surface area (Å²) in [5.41, 5.74) is 3.13. The summed E-state index contributed by atoms with van der Waals surface area (Å²) in [4.78, 5) is 4.22. The molecule has 1 aromatic carbocycles. The fourth-order valence-electron chi connectivity index (χ4n) is 1.30. The van der Waals surface area contributed by atoms with Gasteiger partial charge in [-0.2, -0.15) is 0 Å². The number of benzene rings is 1. The van der Waals surface area contributed by atoms with Crippen LogP contribution in [-0.2, 0) is 0 Å². The van der Waals surface area contributed by atoms with E-state index in [0.29, 0.717) is 0 Å². The van der Waals surface area contributed by atoms with Gasteiger partial charge in [0.15, 0.2) is 18.8 Å². The molecule has 3 heteroatoms. The summed E-state index contributed by atoms with van der Waals surface area (Å²) >= 11 is 0. The predicted octanol–water partition coefficient (Wildman–Crippen LogP) is 1.25. The first-order valence-corrected chi connectivity index (χ1v) is 4.15. The minimum absolute atomic E-state index is 0.734. The zero-order chi connectivity index (χ0) is 8.55. The highest BCUT2D eigenvalue weighted by atomic mass is 16.3. The van der Waals surface area contributed by atoms with Crippen molar-refractivity contribution in [2.45, 2.75) is 13.7 Å². The van der Waals surface area contributed by atoms with Crippen LogP contribution in [0.3, 0.4) is 0 Å². The fraction of sp³-hybridized carbons (Fsp3) is 0.222. The number of hydrogen-bond acceptors (Lipinski definition) is 2. The van der Waals surface area contributed by atoms with Gasteiger partial charge in [0.2, 0.25) is 0 Å². The van der Waals surface area contributed by atoms with Crippen LogP contribution in [-0.4, -0.2) is 12.3 Å². The van der Waals surface area contributed by atoms with E-state index in [0.717, 1.165) is 24.3 Å². The van der Waals surface area contributed by atoms with Crippen molar-refractivity contribution in [3.05, 3.63) is 24.1 Å². The molecule has 0 bridgehead atoms. The summed E-state index contributed by atoms with van der Waals surface area (Å²) < 4.78 is 5.40. The molecule has 0 atom stereocenters. The lowest BCUT2D eigenvalue weighted by molar-refractivity contribution is 0.561. The van der Waals surface area contributed by atoms with Gasteiger partial charge >= 0.3 is 0 Å². The minimum Gasteiger partial charge on any atom is -0.441 e. The summed E-state index contributed by atoms with van der Waals surface area (Å²) in [6.07, 6.45) is 0.